The molecule has 0 spiro atoms. The maximum absolute atomic E-state index is 13.1. The second-order valence-corrected chi connectivity index (χ2v) is 7.48. The highest BCUT2D eigenvalue weighted by Crippen LogP contribution is 2.27. The molecule has 6 heteroatoms. The molecule has 144 valence electrons. The number of methoxy groups -OCH3 is 1. The van der Waals surface area contributed by atoms with Gasteiger partial charge in [-0.3, -0.25) is 9.59 Å². The van der Waals surface area contributed by atoms with E-state index in [-0.39, 0.29) is 17.6 Å². The van der Waals surface area contributed by atoms with Gasteiger partial charge >= 0.3 is 0 Å². The largest absolute Gasteiger partial charge is 0.385 e. The van der Waals surface area contributed by atoms with Gasteiger partial charge in [-0.15, -0.1) is 0 Å². The van der Waals surface area contributed by atoms with Crippen LogP contribution < -0.4 is 5.32 Å². The number of benzene rings is 1. The summed E-state index contributed by atoms with van der Waals surface area (Å²) in [5.41, 5.74) is -0.0950. The van der Waals surface area contributed by atoms with Crippen LogP contribution in [0.25, 0.3) is 0 Å². The number of ether oxygens (including phenoxy) is 1. The Balaban J connectivity index is 2.05. The smallest absolute Gasteiger partial charge is 0.251 e. The molecular weight excluding hydrogens is 335 g/mol. The van der Waals surface area contributed by atoms with Gasteiger partial charge in [-0.2, -0.15) is 0 Å². The predicted molar refractivity (Wildman–Crippen MR) is 98.4 cm³/mol. The fourth-order valence-electron chi connectivity index (χ4n) is 3.24. The van der Waals surface area contributed by atoms with Gasteiger partial charge in [0.1, 0.15) is 5.82 Å². The highest BCUT2D eigenvalue weighted by Gasteiger charge is 2.40. The van der Waals surface area contributed by atoms with E-state index >= 15 is 0 Å². The molecule has 1 N–H and O–H groups in total. The molecule has 1 atom stereocenters. The van der Waals surface area contributed by atoms with Gasteiger partial charge in [0, 0.05) is 38.8 Å². The van der Waals surface area contributed by atoms with Crippen LogP contribution >= 0.6 is 0 Å². The van der Waals surface area contributed by atoms with Gasteiger partial charge in [-0.1, -0.05) is 13.8 Å². The van der Waals surface area contributed by atoms with E-state index in [1.165, 1.54) is 24.3 Å². The van der Waals surface area contributed by atoms with Crippen molar-refractivity contribution in [3.05, 3.63) is 35.6 Å². The number of hydrogen-bond acceptors (Lipinski definition) is 3. The van der Waals surface area contributed by atoms with E-state index < -0.39 is 5.54 Å². The molecule has 0 aromatic heterocycles. The average Bonchev–Trinajstić information content (AvgIpc) is 3.02. The summed E-state index contributed by atoms with van der Waals surface area (Å²) in [6.45, 7) is 5.81. The highest BCUT2D eigenvalue weighted by molar-refractivity contribution is 5.94. The third-order valence-electron chi connectivity index (χ3n) is 4.91. The summed E-state index contributed by atoms with van der Waals surface area (Å²) in [4.78, 5) is 26.9. The lowest BCUT2D eigenvalue weighted by Gasteiger charge is -2.30. The minimum atomic E-state index is -0.505. The Labute approximate surface area is 154 Å². The Hall–Kier alpha value is -1.95. The summed E-state index contributed by atoms with van der Waals surface area (Å²) in [6, 6.07) is 5.48. The molecule has 0 saturated carbocycles. The number of likely N-dealkylation sites (tertiary alicyclic amines) is 1. The van der Waals surface area contributed by atoms with Crippen LogP contribution in [0.3, 0.4) is 0 Å². The van der Waals surface area contributed by atoms with E-state index in [0.717, 1.165) is 6.42 Å². The van der Waals surface area contributed by atoms with Gasteiger partial charge in [0.25, 0.3) is 5.91 Å². The lowest BCUT2D eigenvalue weighted by Crippen LogP contribution is -2.51. The maximum Gasteiger partial charge on any atom is 0.251 e. The third-order valence-corrected chi connectivity index (χ3v) is 4.91. The van der Waals surface area contributed by atoms with Gasteiger partial charge in [-0.05, 0) is 49.4 Å². The van der Waals surface area contributed by atoms with Crippen LogP contribution in [-0.4, -0.2) is 49.1 Å². The summed E-state index contributed by atoms with van der Waals surface area (Å²) in [5.74, 6) is -0.0111. The summed E-state index contributed by atoms with van der Waals surface area (Å²) in [6.07, 6.45) is 2.72. The van der Waals surface area contributed by atoms with Gasteiger partial charge in [0.2, 0.25) is 5.91 Å². The maximum atomic E-state index is 13.1. The molecule has 1 aromatic carbocycles. The van der Waals surface area contributed by atoms with Crippen LogP contribution in [0.5, 0.6) is 0 Å². The fourth-order valence-corrected chi connectivity index (χ4v) is 3.24. The van der Waals surface area contributed by atoms with E-state index in [1.807, 2.05) is 4.90 Å². The minimum Gasteiger partial charge on any atom is -0.385 e. The van der Waals surface area contributed by atoms with E-state index in [1.54, 1.807) is 7.11 Å². The first-order chi connectivity index (χ1) is 12.3. The zero-order valence-corrected chi connectivity index (χ0v) is 15.9. The molecule has 0 bridgehead atoms. The van der Waals surface area contributed by atoms with Gasteiger partial charge in [0.05, 0.1) is 5.54 Å². The molecule has 26 heavy (non-hydrogen) atoms. The number of rotatable bonds is 8. The monoisotopic (exact) mass is 364 g/mol. The van der Waals surface area contributed by atoms with Crippen molar-refractivity contribution < 1.29 is 18.7 Å². The molecule has 5 nitrogen and oxygen atoms in total. The number of nitrogens with one attached hydrogen (secondary N) is 1. The molecule has 1 aromatic rings. The Kier molecular flexibility index (Phi) is 7.14. The highest BCUT2D eigenvalue weighted by atomic mass is 19.1. The van der Waals surface area contributed by atoms with Crippen molar-refractivity contribution in [2.24, 2.45) is 5.92 Å². The number of halogens is 1. The zero-order valence-electron chi connectivity index (χ0n) is 15.9. The molecule has 1 heterocycles. The molecule has 2 amide bonds. The number of amides is 2. The summed E-state index contributed by atoms with van der Waals surface area (Å²) in [5, 5.41) is 3.08. The lowest BCUT2D eigenvalue weighted by atomic mass is 9.93. The Morgan fingerprint density at radius 3 is 2.62 bits per heavy atom. The quantitative estimate of drug-likeness (QED) is 0.771. The molecule has 2 rings (SSSR count). The summed E-state index contributed by atoms with van der Waals surface area (Å²) < 4.78 is 18.3. The first-order valence-corrected chi connectivity index (χ1v) is 9.20. The van der Waals surface area contributed by atoms with Crippen LogP contribution in [0, 0.1) is 11.7 Å². The van der Waals surface area contributed by atoms with Crippen LogP contribution in [0.15, 0.2) is 24.3 Å². The van der Waals surface area contributed by atoms with E-state index in [2.05, 4.69) is 19.2 Å². The van der Waals surface area contributed by atoms with Crippen molar-refractivity contribution in [3.8, 4) is 0 Å². The summed E-state index contributed by atoms with van der Waals surface area (Å²) >= 11 is 0. The van der Waals surface area contributed by atoms with Crippen molar-refractivity contribution >= 4 is 11.8 Å². The normalized spacial score (nSPS) is 19.8. The van der Waals surface area contributed by atoms with Crippen molar-refractivity contribution in [1.29, 1.82) is 0 Å². The van der Waals surface area contributed by atoms with Crippen LogP contribution in [0.4, 0.5) is 4.39 Å². The molecule has 1 fully saturated rings. The summed E-state index contributed by atoms with van der Waals surface area (Å²) in [7, 11) is 1.62. The van der Waals surface area contributed by atoms with Gasteiger partial charge in [-0.25, -0.2) is 4.39 Å². The van der Waals surface area contributed by atoms with Gasteiger partial charge < -0.3 is 15.0 Å². The third kappa shape index (κ3) is 5.53. The number of carbonyl (C=O) groups is 2. The standard InChI is InChI=1S/C20H29FN2O3/c1-15(2)4-9-18(24)23-12-10-20(14-23,11-13-26-3)22-19(25)16-5-7-17(21)8-6-16/h5-8,15H,4,9-14H2,1-3H3,(H,22,25). The first-order valence-electron chi connectivity index (χ1n) is 9.20. The Morgan fingerprint density at radius 2 is 2.00 bits per heavy atom. The second kappa shape index (κ2) is 9.12. The SMILES string of the molecule is COCCC1(NC(=O)c2ccc(F)cc2)CCN(C(=O)CCC(C)C)C1. The van der Waals surface area contributed by atoms with Crippen molar-refractivity contribution in [2.45, 2.75) is 45.1 Å². The number of carbonyl (C=O) groups excluding carboxylic acids is 2. The molecule has 1 unspecified atom stereocenters. The van der Waals surface area contributed by atoms with Crippen LogP contribution in [-0.2, 0) is 9.53 Å². The van der Waals surface area contributed by atoms with Crippen molar-refractivity contribution in [3.63, 3.8) is 0 Å². The fraction of sp³-hybridized carbons (Fsp3) is 0.600. The van der Waals surface area contributed by atoms with E-state index in [0.29, 0.717) is 50.4 Å². The molecule has 1 aliphatic rings. The van der Waals surface area contributed by atoms with E-state index in [9.17, 15) is 14.0 Å². The molecule has 0 radical (unpaired) electrons. The number of hydrogen-bond donors (Lipinski definition) is 1. The molecule has 1 aliphatic heterocycles. The zero-order chi connectivity index (χ0) is 19.2. The number of nitrogens with zero attached hydrogens (tertiary/aromatic N) is 1. The lowest BCUT2D eigenvalue weighted by molar-refractivity contribution is -0.130. The van der Waals surface area contributed by atoms with Gasteiger partial charge in [0.15, 0.2) is 0 Å². The second-order valence-electron chi connectivity index (χ2n) is 7.48. The topological polar surface area (TPSA) is 58.6 Å². The Bertz CT molecular complexity index is 618. The molecular formula is C20H29FN2O3. The van der Waals surface area contributed by atoms with Crippen LogP contribution in [0.2, 0.25) is 0 Å². The molecule has 0 aliphatic carbocycles. The van der Waals surface area contributed by atoms with Crippen LogP contribution in [0.1, 0.15) is 49.9 Å². The minimum absolute atomic E-state index is 0.133. The average molecular weight is 364 g/mol. The predicted octanol–water partition coefficient (Wildman–Crippen LogP) is 3.00. The Morgan fingerprint density at radius 1 is 1.31 bits per heavy atom. The van der Waals surface area contributed by atoms with Crippen molar-refractivity contribution in [2.75, 3.05) is 26.8 Å². The first kappa shape index (κ1) is 20.4. The van der Waals surface area contributed by atoms with E-state index in [4.69, 9.17) is 4.74 Å². The van der Waals surface area contributed by atoms with Crippen molar-refractivity contribution in [1.82, 2.24) is 10.2 Å². The molecule has 1 saturated heterocycles.